The number of esters is 1. The Morgan fingerprint density at radius 3 is 2.48 bits per heavy atom. The molecule has 23 heavy (non-hydrogen) atoms. The summed E-state index contributed by atoms with van der Waals surface area (Å²) in [6.07, 6.45) is 8.40. The van der Waals surface area contributed by atoms with Crippen molar-refractivity contribution in [2.45, 2.75) is 44.9 Å². The lowest BCUT2D eigenvalue weighted by Gasteiger charge is -2.36. The molecule has 0 aromatic heterocycles. The number of carboxylic acid groups (broad SMARTS) is 2. The number of rotatable bonds is 10. The lowest BCUT2D eigenvalue weighted by molar-refractivity contribution is -0.163. The second-order valence-electron chi connectivity index (χ2n) is 5.80. The highest BCUT2D eigenvalue weighted by molar-refractivity contribution is 5.84. The van der Waals surface area contributed by atoms with E-state index in [1.807, 2.05) is 0 Å². The molecule has 0 aromatic rings. The third-order valence-electron chi connectivity index (χ3n) is 4.34. The highest BCUT2D eigenvalue weighted by Crippen LogP contribution is 2.43. The average molecular weight is 324 g/mol. The Balaban J connectivity index is 2.44. The van der Waals surface area contributed by atoms with Crippen LogP contribution >= 0.6 is 0 Å². The first-order valence-electron chi connectivity index (χ1n) is 7.84. The number of carbonyl (C=O) groups is 3. The molecule has 6 nitrogen and oxygen atoms in total. The topological polar surface area (TPSA) is 101 Å². The first kappa shape index (κ1) is 18.9. The number of carboxylic acids is 2. The maximum Gasteiger partial charge on any atom is 0.330 e. The van der Waals surface area contributed by atoms with Crippen molar-refractivity contribution >= 4 is 17.9 Å². The van der Waals surface area contributed by atoms with Gasteiger partial charge in [0.25, 0.3) is 0 Å². The Morgan fingerprint density at radius 1 is 1.17 bits per heavy atom. The molecule has 0 amide bonds. The minimum absolute atomic E-state index is 0.260. The highest BCUT2D eigenvalue weighted by atomic mass is 16.5. The van der Waals surface area contributed by atoms with E-state index < -0.39 is 29.2 Å². The zero-order valence-corrected chi connectivity index (χ0v) is 13.2. The lowest BCUT2D eigenvalue weighted by atomic mass is 9.66. The molecule has 0 aromatic carbocycles. The summed E-state index contributed by atoms with van der Waals surface area (Å²) in [5.41, 5.74) is -1.21. The van der Waals surface area contributed by atoms with Gasteiger partial charge in [-0.1, -0.05) is 38.0 Å². The number of carbonyl (C=O) groups excluding carboxylic acids is 1. The number of ether oxygens (including phenoxy) is 1. The minimum Gasteiger partial charge on any atom is -0.481 e. The van der Waals surface area contributed by atoms with E-state index in [1.165, 1.54) is 0 Å². The van der Waals surface area contributed by atoms with Gasteiger partial charge in [0.2, 0.25) is 0 Å². The summed E-state index contributed by atoms with van der Waals surface area (Å²) in [6, 6.07) is 0. The molecule has 0 aliphatic heterocycles. The largest absolute Gasteiger partial charge is 0.481 e. The van der Waals surface area contributed by atoms with Gasteiger partial charge in [-0.2, -0.15) is 0 Å². The zero-order valence-electron chi connectivity index (χ0n) is 13.2. The van der Waals surface area contributed by atoms with Crippen LogP contribution in [0.3, 0.4) is 0 Å². The molecule has 0 saturated heterocycles. The van der Waals surface area contributed by atoms with Crippen LogP contribution in [0.5, 0.6) is 0 Å². The normalized spacial score (nSPS) is 23.2. The van der Waals surface area contributed by atoms with Gasteiger partial charge in [-0.3, -0.25) is 9.59 Å². The Bertz CT molecular complexity index is 481. The summed E-state index contributed by atoms with van der Waals surface area (Å²) in [6.45, 7) is 3.62. The van der Waals surface area contributed by atoms with Gasteiger partial charge < -0.3 is 14.9 Å². The van der Waals surface area contributed by atoms with Gasteiger partial charge in [0.15, 0.2) is 0 Å². The van der Waals surface area contributed by atoms with Crippen LogP contribution in [0.25, 0.3) is 0 Å². The van der Waals surface area contributed by atoms with Crippen LogP contribution in [0.4, 0.5) is 0 Å². The van der Waals surface area contributed by atoms with Crippen LogP contribution in [0.15, 0.2) is 24.8 Å². The predicted octanol–water partition coefficient (Wildman–Crippen LogP) is 2.79. The van der Waals surface area contributed by atoms with Crippen molar-refractivity contribution in [1.29, 1.82) is 0 Å². The molecule has 128 valence electrons. The van der Waals surface area contributed by atoms with Crippen molar-refractivity contribution < 1.29 is 29.3 Å². The third-order valence-corrected chi connectivity index (χ3v) is 4.34. The fourth-order valence-corrected chi connectivity index (χ4v) is 2.98. The van der Waals surface area contributed by atoms with E-state index in [9.17, 15) is 24.6 Å². The monoisotopic (exact) mass is 324 g/mol. The Hall–Kier alpha value is -2.11. The van der Waals surface area contributed by atoms with E-state index in [2.05, 4.69) is 6.58 Å². The number of aliphatic carboxylic acids is 2. The van der Waals surface area contributed by atoms with E-state index in [0.717, 1.165) is 18.9 Å². The van der Waals surface area contributed by atoms with Crippen molar-refractivity contribution in [1.82, 2.24) is 0 Å². The molecular weight excluding hydrogens is 300 g/mol. The maximum absolute atomic E-state index is 11.7. The summed E-state index contributed by atoms with van der Waals surface area (Å²) in [5, 5.41) is 18.9. The van der Waals surface area contributed by atoms with E-state index in [4.69, 9.17) is 4.74 Å². The Kier molecular flexibility index (Phi) is 7.51. The molecule has 0 fully saturated rings. The summed E-state index contributed by atoms with van der Waals surface area (Å²) < 4.78 is 4.86. The molecule has 0 spiro atoms. The molecule has 6 heteroatoms. The van der Waals surface area contributed by atoms with Gasteiger partial charge in [0, 0.05) is 6.08 Å². The Labute approximate surface area is 135 Å². The van der Waals surface area contributed by atoms with Gasteiger partial charge >= 0.3 is 17.9 Å². The van der Waals surface area contributed by atoms with E-state index >= 15 is 0 Å². The van der Waals surface area contributed by atoms with Gasteiger partial charge in [0.1, 0.15) is 0 Å². The average Bonchev–Trinajstić information content (AvgIpc) is 2.53. The minimum atomic E-state index is -1.21. The number of allylic oxidation sites excluding steroid dienone is 2. The van der Waals surface area contributed by atoms with Gasteiger partial charge in [0.05, 0.1) is 17.9 Å². The molecule has 1 aliphatic rings. The van der Waals surface area contributed by atoms with Crippen molar-refractivity contribution in [2.24, 2.45) is 11.3 Å². The second kappa shape index (κ2) is 9.12. The summed E-state index contributed by atoms with van der Waals surface area (Å²) in [7, 11) is 0. The lowest BCUT2D eigenvalue weighted by Crippen LogP contribution is -2.43. The van der Waals surface area contributed by atoms with E-state index in [0.29, 0.717) is 25.9 Å². The first-order chi connectivity index (χ1) is 10.9. The number of unbranched alkanes of at least 4 members (excludes halogenated alkanes) is 3. The maximum atomic E-state index is 11.7. The van der Waals surface area contributed by atoms with Crippen molar-refractivity contribution in [2.75, 3.05) is 6.61 Å². The van der Waals surface area contributed by atoms with Gasteiger partial charge in [-0.15, -0.1) is 0 Å². The second-order valence-corrected chi connectivity index (χ2v) is 5.80. The van der Waals surface area contributed by atoms with Gasteiger partial charge in [-0.05, 0) is 25.7 Å². The molecule has 2 unspecified atom stereocenters. The SMILES string of the molecule is C=CC(=O)OCCCCCCC1(C(=O)O)CC=CCC1C(=O)O. The van der Waals surface area contributed by atoms with Crippen LogP contribution in [0, 0.1) is 11.3 Å². The first-order valence-corrected chi connectivity index (χ1v) is 7.84. The fraction of sp³-hybridized carbons (Fsp3) is 0.588. The van der Waals surface area contributed by atoms with Crippen LogP contribution in [-0.4, -0.2) is 34.7 Å². The number of hydrogen-bond donors (Lipinski definition) is 2. The summed E-state index contributed by atoms with van der Waals surface area (Å²) in [4.78, 5) is 33.9. The van der Waals surface area contributed by atoms with Crippen LogP contribution < -0.4 is 0 Å². The van der Waals surface area contributed by atoms with Crippen molar-refractivity contribution in [3.05, 3.63) is 24.8 Å². The van der Waals surface area contributed by atoms with Crippen molar-refractivity contribution in [3.63, 3.8) is 0 Å². The molecule has 0 radical (unpaired) electrons. The molecule has 0 bridgehead atoms. The van der Waals surface area contributed by atoms with E-state index in [1.54, 1.807) is 12.2 Å². The third kappa shape index (κ3) is 5.23. The molecule has 2 N–H and O–H groups in total. The fourth-order valence-electron chi connectivity index (χ4n) is 2.98. The van der Waals surface area contributed by atoms with Crippen LogP contribution in [0.1, 0.15) is 44.9 Å². The predicted molar refractivity (Wildman–Crippen MR) is 83.8 cm³/mol. The van der Waals surface area contributed by atoms with Gasteiger partial charge in [-0.25, -0.2) is 4.79 Å². The smallest absolute Gasteiger partial charge is 0.330 e. The molecule has 0 heterocycles. The van der Waals surface area contributed by atoms with Crippen molar-refractivity contribution in [3.8, 4) is 0 Å². The zero-order chi connectivity index (χ0) is 17.3. The standard InChI is InChI=1S/C17H24O6/c1-2-14(18)23-12-8-4-3-6-10-17(16(21)22)11-7-5-9-13(17)15(19)20/h2,5,7,13H,1,3-4,6,8-12H2,(H,19,20)(H,21,22). The van der Waals surface area contributed by atoms with Crippen LogP contribution in [-0.2, 0) is 19.1 Å². The highest BCUT2D eigenvalue weighted by Gasteiger charge is 2.48. The molecule has 1 aliphatic carbocycles. The van der Waals surface area contributed by atoms with Crippen LogP contribution in [0.2, 0.25) is 0 Å². The Morgan fingerprint density at radius 2 is 1.87 bits per heavy atom. The number of hydrogen-bond acceptors (Lipinski definition) is 4. The molecule has 0 saturated carbocycles. The summed E-state index contributed by atoms with van der Waals surface area (Å²) >= 11 is 0. The summed E-state index contributed by atoms with van der Waals surface area (Å²) in [5.74, 6) is -3.41. The van der Waals surface area contributed by atoms with E-state index in [-0.39, 0.29) is 12.8 Å². The molecule has 1 rings (SSSR count). The molecule has 2 atom stereocenters. The quantitative estimate of drug-likeness (QED) is 0.277. The molecular formula is C17H24O6.